The minimum atomic E-state index is -1.11. The molecule has 5 nitrogen and oxygen atoms in total. The number of carboxylic acids is 1. The van der Waals surface area contributed by atoms with Gasteiger partial charge in [0.2, 0.25) is 0 Å². The second-order valence-electron chi connectivity index (χ2n) is 3.90. The minimum Gasteiger partial charge on any atom is -0.480 e. The molecule has 0 heterocycles. The molecule has 1 rings (SSSR count). The van der Waals surface area contributed by atoms with E-state index in [1.165, 1.54) is 6.07 Å². The van der Waals surface area contributed by atoms with Crippen LogP contribution >= 0.6 is 11.6 Å². The highest BCUT2D eigenvalue weighted by molar-refractivity contribution is 6.33. The lowest BCUT2D eigenvalue weighted by Crippen LogP contribution is -2.42. The van der Waals surface area contributed by atoms with Gasteiger partial charge < -0.3 is 15.7 Å². The zero-order valence-electron chi connectivity index (χ0n) is 10.2. The Bertz CT molecular complexity index is 482. The first kappa shape index (κ1) is 15.2. The third-order valence-electron chi connectivity index (χ3n) is 2.36. The topological polar surface area (TPSA) is 78.4 Å². The average molecular weight is 289 g/mol. The van der Waals surface area contributed by atoms with Gasteiger partial charge in [0.05, 0.1) is 10.7 Å². The van der Waals surface area contributed by atoms with Crippen LogP contribution in [-0.4, -0.2) is 23.1 Å². The maximum atomic E-state index is 12.8. The zero-order chi connectivity index (χ0) is 14.4. The van der Waals surface area contributed by atoms with Crippen molar-refractivity contribution < 1.29 is 19.1 Å². The fourth-order valence-electron chi connectivity index (χ4n) is 1.45. The van der Waals surface area contributed by atoms with Crippen molar-refractivity contribution in [1.82, 2.24) is 5.32 Å². The second kappa shape index (κ2) is 6.94. The SMILES string of the molecule is CCCC(NC(=O)Nc1ccc(F)cc1Cl)C(=O)O. The van der Waals surface area contributed by atoms with Crippen molar-refractivity contribution in [2.24, 2.45) is 0 Å². The van der Waals surface area contributed by atoms with Gasteiger partial charge in [0, 0.05) is 0 Å². The number of aliphatic carboxylic acids is 1. The number of carbonyl (C=O) groups excluding carboxylic acids is 1. The van der Waals surface area contributed by atoms with Gasteiger partial charge in [-0.2, -0.15) is 0 Å². The molecule has 3 N–H and O–H groups in total. The molecule has 1 aromatic carbocycles. The van der Waals surface area contributed by atoms with Crippen LogP contribution in [0.2, 0.25) is 5.02 Å². The number of hydrogen-bond acceptors (Lipinski definition) is 2. The molecule has 1 unspecified atom stereocenters. The first-order chi connectivity index (χ1) is 8.93. The smallest absolute Gasteiger partial charge is 0.326 e. The summed E-state index contributed by atoms with van der Waals surface area (Å²) >= 11 is 5.74. The van der Waals surface area contributed by atoms with Crippen molar-refractivity contribution >= 4 is 29.3 Å². The number of amides is 2. The lowest BCUT2D eigenvalue weighted by molar-refractivity contribution is -0.139. The molecule has 0 fully saturated rings. The highest BCUT2D eigenvalue weighted by atomic mass is 35.5. The first-order valence-corrected chi connectivity index (χ1v) is 6.07. The highest BCUT2D eigenvalue weighted by Crippen LogP contribution is 2.22. The van der Waals surface area contributed by atoms with Crippen molar-refractivity contribution in [2.75, 3.05) is 5.32 Å². The number of carboxylic acid groups (broad SMARTS) is 1. The molecule has 1 atom stereocenters. The Morgan fingerprint density at radius 1 is 1.47 bits per heavy atom. The molecule has 0 saturated carbocycles. The average Bonchev–Trinajstić information content (AvgIpc) is 2.32. The fourth-order valence-corrected chi connectivity index (χ4v) is 1.67. The molecular formula is C12H14ClFN2O3. The van der Waals surface area contributed by atoms with Crippen LogP contribution in [0.15, 0.2) is 18.2 Å². The number of anilines is 1. The number of urea groups is 1. The zero-order valence-corrected chi connectivity index (χ0v) is 11.0. The van der Waals surface area contributed by atoms with Crippen LogP contribution in [0.25, 0.3) is 0 Å². The molecule has 0 aliphatic rings. The molecule has 0 bridgehead atoms. The summed E-state index contributed by atoms with van der Waals surface area (Å²) in [5, 5.41) is 13.6. The highest BCUT2D eigenvalue weighted by Gasteiger charge is 2.19. The second-order valence-corrected chi connectivity index (χ2v) is 4.31. The van der Waals surface area contributed by atoms with Crippen LogP contribution in [0.4, 0.5) is 14.9 Å². The van der Waals surface area contributed by atoms with E-state index in [-0.39, 0.29) is 10.7 Å². The number of rotatable bonds is 5. The maximum absolute atomic E-state index is 12.8. The van der Waals surface area contributed by atoms with Crippen LogP contribution in [0.5, 0.6) is 0 Å². The summed E-state index contributed by atoms with van der Waals surface area (Å²) in [7, 11) is 0. The van der Waals surface area contributed by atoms with Gasteiger partial charge in [0.25, 0.3) is 0 Å². The van der Waals surface area contributed by atoms with Gasteiger partial charge >= 0.3 is 12.0 Å². The van der Waals surface area contributed by atoms with Crippen molar-refractivity contribution in [3.63, 3.8) is 0 Å². The molecule has 19 heavy (non-hydrogen) atoms. The molecule has 0 aliphatic carbocycles. The maximum Gasteiger partial charge on any atom is 0.326 e. The summed E-state index contributed by atoms with van der Waals surface area (Å²) in [6.07, 6.45) is 0.939. The van der Waals surface area contributed by atoms with Gasteiger partial charge in [0.15, 0.2) is 0 Å². The Labute approximate surface area is 114 Å². The van der Waals surface area contributed by atoms with Crippen LogP contribution in [0, 0.1) is 5.82 Å². The molecule has 0 aromatic heterocycles. The third kappa shape index (κ3) is 4.75. The van der Waals surface area contributed by atoms with E-state index in [2.05, 4.69) is 10.6 Å². The van der Waals surface area contributed by atoms with Gasteiger partial charge in [-0.15, -0.1) is 0 Å². The Hall–Kier alpha value is -1.82. The molecule has 2 amide bonds. The first-order valence-electron chi connectivity index (χ1n) is 5.69. The van der Waals surface area contributed by atoms with E-state index in [0.717, 1.165) is 12.1 Å². The van der Waals surface area contributed by atoms with Crippen molar-refractivity contribution in [1.29, 1.82) is 0 Å². The van der Waals surface area contributed by atoms with Crippen molar-refractivity contribution in [3.8, 4) is 0 Å². The summed E-state index contributed by atoms with van der Waals surface area (Å²) < 4.78 is 12.8. The van der Waals surface area contributed by atoms with E-state index in [1.54, 1.807) is 0 Å². The fraction of sp³-hybridized carbons (Fsp3) is 0.333. The minimum absolute atomic E-state index is 0.0394. The summed E-state index contributed by atoms with van der Waals surface area (Å²) in [5.41, 5.74) is 0.209. The van der Waals surface area contributed by atoms with E-state index < -0.39 is 23.9 Å². The van der Waals surface area contributed by atoms with Crippen molar-refractivity contribution in [3.05, 3.63) is 29.0 Å². The molecule has 0 radical (unpaired) electrons. The Kier molecular flexibility index (Phi) is 5.57. The summed E-state index contributed by atoms with van der Waals surface area (Å²) in [4.78, 5) is 22.5. The van der Waals surface area contributed by atoms with Crippen LogP contribution < -0.4 is 10.6 Å². The summed E-state index contributed by atoms with van der Waals surface area (Å²) in [5.74, 6) is -1.63. The van der Waals surface area contributed by atoms with Crippen molar-refractivity contribution in [2.45, 2.75) is 25.8 Å². The Balaban J connectivity index is 2.66. The Morgan fingerprint density at radius 2 is 2.16 bits per heavy atom. The van der Waals surface area contributed by atoms with E-state index in [4.69, 9.17) is 16.7 Å². The van der Waals surface area contributed by atoms with Crippen LogP contribution in [-0.2, 0) is 4.79 Å². The monoisotopic (exact) mass is 288 g/mol. The molecule has 104 valence electrons. The number of hydrogen-bond donors (Lipinski definition) is 3. The summed E-state index contributed by atoms with van der Waals surface area (Å²) in [6.45, 7) is 1.81. The predicted octanol–water partition coefficient (Wildman–Crippen LogP) is 2.85. The molecule has 7 heteroatoms. The predicted molar refractivity (Wildman–Crippen MR) is 69.9 cm³/mol. The largest absolute Gasteiger partial charge is 0.480 e. The number of carbonyl (C=O) groups is 2. The summed E-state index contributed by atoms with van der Waals surface area (Å²) in [6, 6.07) is 1.83. The van der Waals surface area contributed by atoms with E-state index in [0.29, 0.717) is 12.8 Å². The van der Waals surface area contributed by atoms with E-state index >= 15 is 0 Å². The number of halogens is 2. The molecule has 0 spiro atoms. The molecule has 0 aliphatic heterocycles. The van der Waals surface area contributed by atoms with Gasteiger partial charge in [0.1, 0.15) is 11.9 Å². The normalized spacial score (nSPS) is 11.7. The van der Waals surface area contributed by atoms with Gasteiger partial charge in [-0.05, 0) is 24.6 Å². The Morgan fingerprint density at radius 3 is 2.68 bits per heavy atom. The molecular weight excluding hydrogens is 275 g/mol. The lowest BCUT2D eigenvalue weighted by Gasteiger charge is -2.14. The van der Waals surface area contributed by atoms with Gasteiger partial charge in [-0.25, -0.2) is 14.0 Å². The van der Waals surface area contributed by atoms with Crippen LogP contribution in [0.3, 0.4) is 0 Å². The van der Waals surface area contributed by atoms with E-state index in [1.807, 2.05) is 6.92 Å². The lowest BCUT2D eigenvalue weighted by atomic mass is 10.2. The van der Waals surface area contributed by atoms with Gasteiger partial charge in [-0.1, -0.05) is 24.9 Å². The van der Waals surface area contributed by atoms with E-state index in [9.17, 15) is 14.0 Å². The quantitative estimate of drug-likeness (QED) is 0.779. The standard InChI is InChI=1S/C12H14ClFN2O3/c1-2-3-10(11(17)18)16-12(19)15-9-5-4-7(14)6-8(9)13/h4-6,10H,2-3H2,1H3,(H,17,18)(H2,15,16,19). The number of nitrogens with one attached hydrogen (secondary N) is 2. The van der Waals surface area contributed by atoms with Gasteiger partial charge in [-0.3, -0.25) is 0 Å². The molecule has 0 saturated heterocycles. The van der Waals surface area contributed by atoms with Crippen LogP contribution in [0.1, 0.15) is 19.8 Å². The number of benzene rings is 1. The third-order valence-corrected chi connectivity index (χ3v) is 2.67. The molecule has 1 aromatic rings.